The Morgan fingerprint density at radius 2 is 2.06 bits per heavy atom. The lowest BCUT2D eigenvalue weighted by Gasteiger charge is -2.12. The van der Waals surface area contributed by atoms with Gasteiger partial charge < -0.3 is 16.0 Å². The summed E-state index contributed by atoms with van der Waals surface area (Å²) in [5.74, 6) is -0.772. The van der Waals surface area contributed by atoms with E-state index < -0.39 is 18.1 Å². The van der Waals surface area contributed by atoms with Crippen LogP contribution in [0.1, 0.15) is 19.3 Å². The molecule has 2 fully saturated rings. The second kappa shape index (κ2) is 5.03. The highest BCUT2D eigenvalue weighted by molar-refractivity contribution is 6.04. The standard InChI is InChI=1S/C10H14N4O4/c15-7-2-1-5(12-7)8(16)11-4-3-6-9(17)14-10(18)13-6/h5-6H,1-4H2,(H,11,16)(H,12,15)(H2,13,14,17,18). The molecular formula is C10H14N4O4. The van der Waals surface area contributed by atoms with Crippen LogP contribution in [0.2, 0.25) is 0 Å². The third-order valence-corrected chi connectivity index (χ3v) is 2.90. The van der Waals surface area contributed by atoms with Crippen LogP contribution >= 0.6 is 0 Å². The van der Waals surface area contributed by atoms with E-state index in [0.29, 0.717) is 19.3 Å². The third kappa shape index (κ3) is 2.76. The second-order valence-electron chi connectivity index (χ2n) is 4.25. The average Bonchev–Trinajstić information content (AvgIpc) is 2.86. The Morgan fingerprint density at radius 1 is 1.28 bits per heavy atom. The molecule has 98 valence electrons. The Morgan fingerprint density at radius 3 is 2.61 bits per heavy atom. The molecule has 2 saturated heterocycles. The molecule has 2 rings (SSSR count). The van der Waals surface area contributed by atoms with Crippen molar-refractivity contribution in [2.45, 2.75) is 31.3 Å². The maximum absolute atomic E-state index is 11.6. The van der Waals surface area contributed by atoms with Gasteiger partial charge in [0.05, 0.1) is 0 Å². The largest absolute Gasteiger partial charge is 0.354 e. The Kier molecular flexibility index (Phi) is 3.45. The molecule has 18 heavy (non-hydrogen) atoms. The first-order valence-electron chi connectivity index (χ1n) is 5.74. The van der Waals surface area contributed by atoms with Crippen LogP contribution in [0.5, 0.6) is 0 Å². The van der Waals surface area contributed by atoms with E-state index in [9.17, 15) is 19.2 Å². The van der Waals surface area contributed by atoms with Gasteiger partial charge in [-0.25, -0.2) is 4.79 Å². The first kappa shape index (κ1) is 12.3. The predicted octanol–water partition coefficient (Wildman–Crippen LogP) is -2.02. The second-order valence-corrected chi connectivity index (χ2v) is 4.25. The van der Waals surface area contributed by atoms with Gasteiger partial charge in [0.15, 0.2) is 0 Å². The zero-order chi connectivity index (χ0) is 13.1. The summed E-state index contributed by atoms with van der Waals surface area (Å²) in [5.41, 5.74) is 0. The van der Waals surface area contributed by atoms with E-state index in [0.717, 1.165) is 0 Å². The highest BCUT2D eigenvalue weighted by atomic mass is 16.2. The van der Waals surface area contributed by atoms with Crippen LogP contribution in [0.4, 0.5) is 4.79 Å². The molecule has 8 nitrogen and oxygen atoms in total. The summed E-state index contributed by atoms with van der Waals surface area (Å²) in [6, 6.07) is -1.60. The summed E-state index contributed by atoms with van der Waals surface area (Å²) in [4.78, 5) is 44.5. The van der Waals surface area contributed by atoms with Gasteiger partial charge in [-0.3, -0.25) is 19.7 Å². The first-order chi connectivity index (χ1) is 8.56. The van der Waals surface area contributed by atoms with Gasteiger partial charge in [-0.1, -0.05) is 0 Å². The van der Waals surface area contributed by atoms with Gasteiger partial charge in [-0.15, -0.1) is 0 Å². The molecule has 0 saturated carbocycles. The molecule has 0 aliphatic carbocycles. The zero-order valence-corrected chi connectivity index (χ0v) is 9.62. The Labute approximate surface area is 103 Å². The SMILES string of the molecule is O=C1CCC(C(=O)NCCC2NC(=O)NC2=O)N1. The number of urea groups is 1. The smallest absolute Gasteiger partial charge is 0.322 e. The minimum atomic E-state index is -0.601. The molecule has 0 aromatic carbocycles. The van der Waals surface area contributed by atoms with Crippen molar-refractivity contribution in [2.24, 2.45) is 0 Å². The van der Waals surface area contributed by atoms with E-state index in [1.54, 1.807) is 0 Å². The Hall–Kier alpha value is -2.12. The molecule has 0 bridgehead atoms. The van der Waals surface area contributed by atoms with E-state index in [-0.39, 0.29) is 24.3 Å². The highest BCUT2D eigenvalue weighted by Crippen LogP contribution is 2.06. The lowest BCUT2D eigenvalue weighted by atomic mass is 10.2. The van der Waals surface area contributed by atoms with Crippen molar-refractivity contribution in [3.63, 3.8) is 0 Å². The van der Waals surface area contributed by atoms with E-state index >= 15 is 0 Å². The van der Waals surface area contributed by atoms with Gasteiger partial charge in [0.25, 0.3) is 5.91 Å². The van der Waals surface area contributed by atoms with Gasteiger partial charge in [0.2, 0.25) is 11.8 Å². The fourth-order valence-corrected chi connectivity index (χ4v) is 1.94. The number of hydrogen-bond donors (Lipinski definition) is 4. The normalized spacial score (nSPS) is 26.6. The van der Waals surface area contributed by atoms with Crippen molar-refractivity contribution in [1.29, 1.82) is 0 Å². The molecule has 0 spiro atoms. The fraction of sp³-hybridized carbons (Fsp3) is 0.600. The van der Waals surface area contributed by atoms with Crippen LogP contribution in [0.25, 0.3) is 0 Å². The summed E-state index contributed by atoms with van der Waals surface area (Å²) in [5, 5.41) is 9.71. The van der Waals surface area contributed by atoms with Gasteiger partial charge in [-0.2, -0.15) is 0 Å². The lowest BCUT2D eigenvalue weighted by Crippen LogP contribution is -2.43. The molecule has 8 heteroatoms. The minimum Gasteiger partial charge on any atom is -0.354 e. The van der Waals surface area contributed by atoms with Crippen molar-refractivity contribution in [2.75, 3.05) is 6.54 Å². The highest BCUT2D eigenvalue weighted by Gasteiger charge is 2.30. The molecule has 2 unspecified atom stereocenters. The van der Waals surface area contributed by atoms with Crippen molar-refractivity contribution in [3.8, 4) is 0 Å². The molecule has 2 aliphatic rings. The van der Waals surface area contributed by atoms with E-state index in [1.807, 2.05) is 0 Å². The van der Waals surface area contributed by atoms with Gasteiger partial charge >= 0.3 is 6.03 Å². The fourth-order valence-electron chi connectivity index (χ4n) is 1.94. The molecule has 2 atom stereocenters. The monoisotopic (exact) mass is 254 g/mol. The molecule has 0 aromatic heterocycles. The summed E-state index contributed by atoms with van der Waals surface area (Å²) < 4.78 is 0. The number of rotatable bonds is 4. The molecule has 5 amide bonds. The van der Waals surface area contributed by atoms with Crippen molar-refractivity contribution in [1.82, 2.24) is 21.3 Å². The predicted molar refractivity (Wildman–Crippen MR) is 59.3 cm³/mol. The summed E-state index contributed by atoms with van der Waals surface area (Å²) in [6.07, 6.45) is 1.18. The van der Waals surface area contributed by atoms with Crippen LogP contribution in [-0.2, 0) is 14.4 Å². The number of hydrogen-bond acceptors (Lipinski definition) is 4. The average molecular weight is 254 g/mol. The molecule has 0 radical (unpaired) electrons. The lowest BCUT2D eigenvalue weighted by molar-refractivity contribution is -0.126. The molecule has 4 N–H and O–H groups in total. The number of imide groups is 1. The van der Waals surface area contributed by atoms with Crippen LogP contribution in [0, 0.1) is 0 Å². The van der Waals surface area contributed by atoms with Crippen LogP contribution in [0.3, 0.4) is 0 Å². The number of carbonyl (C=O) groups excluding carboxylic acids is 4. The maximum atomic E-state index is 11.6. The van der Waals surface area contributed by atoms with Crippen LogP contribution < -0.4 is 21.3 Å². The van der Waals surface area contributed by atoms with Gasteiger partial charge in [0, 0.05) is 13.0 Å². The first-order valence-corrected chi connectivity index (χ1v) is 5.74. The number of carbonyl (C=O) groups is 4. The molecule has 2 heterocycles. The Balaban J connectivity index is 1.69. The van der Waals surface area contributed by atoms with Crippen LogP contribution in [0.15, 0.2) is 0 Å². The number of amides is 5. The molecule has 2 aliphatic heterocycles. The van der Waals surface area contributed by atoms with Crippen molar-refractivity contribution < 1.29 is 19.2 Å². The molecular weight excluding hydrogens is 240 g/mol. The quantitative estimate of drug-likeness (QED) is 0.433. The summed E-state index contributed by atoms with van der Waals surface area (Å²) in [7, 11) is 0. The van der Waals surface area contributed by atoms with E-state index in [4.69, 9.17) is 0 Å². The van der Waals surface area contributed by atoms with Crippen molar-refractivity contribution in [3.05, 3.63) is 0 Å². The van der Waals surface area contributed by atoms with Crippen LogP contribution in [-0.4, -0.2) is 42.4 Å². The summed E-state index contributed by atoms with van der Waals surface area (Å²) >= 11 is 0. The number of nitrogens with one attached hydrogen (secondary N) is 4. The zero-order valence-electron chi connectivity index (χ0n) is 9.62. The minimum absolute atomic E-state index is 0.127. The van der Waals surface area contributed by atoms with Gasteiger partial charge in [0.1, 0.15) is 12.1 Å². The van der Waals surface area contributed by atoms with Crippen molar-refractivity contribution >= 4 is 23.8 Å². The summed E-state index contributed by atoms with van der Waals surface area (Å²) in [6.45, 7) is 0.267. The van der Waals surface area contributed by atoms with E-state index in [2.05, 4.69) is 21.3 Å². The van der Waals surface area contributed by atoms with E-state index in [1.165, 1.54) is 0 Å². The molecule has 0 aromatic rings. The van der Waals surface area contributed by atoms with Gasteiger partial charge in [-0.05, 0) is 12.8 Å². The maximum Gasteiger partial charge on any atom is 0.322 e. The topological polar surface area (TPSA) is 116 Å². The third-order valence-electron chi connectivity index (χ3n) is 2.90. The Bertz CT molecular complexity index is 409.